The maximum atomic E-state index is 8.30. The van der Waals surface area contributed by atoms with Crippen LogP contribution >= 0.6 is 0 Å². The van der Waals surface area contributed by atoms with E-state index in [4.69, 9.17) is 9.90 Å². The predicted molar refractivity (Wildman–Crippen MR) is 192 cm³/mol. The maximum absolute atomic E-state index is 8.30. The second-order valence-electron chi connectivity index (χ2n) is 12.4. The molecule has 3 nitrogen and oxygen atoms in total. The van der Waals surface area contributed by atoms with E-state index in [0.717, 1.165) is 61.1 Å². The van der Waals surface area contributed by atoms with E-state index in [1.165, 1.54) is 5.19 Å². The van der Waals surface area contributed by atoms with Crippen LogP contribution in [-0.4, -0.2) is 18.0 Å². The Bertz CT molecular complexity index is 2220. The predicted octanol–water partition coefficient (Wildman–Crippen LogP) is 10.6. The molecule has 0 saturated heterocycles. The molecule has 3 heterocycles. The summed E-state index contributed by atoms with van der Waals surface area (Å²) >= 11 is 0. The van der Waals surface area contributed by atoms with Crippen molar-refractivity contribution >= 4 is 35.2 Å². The quantitative estimate of drug-likeness (QED) is 0.129. The summed E-state index contributed by atoms with van der Waals surface area (Å²) < 4.78 is 37.0. The van der Waals surface area contributed by atoms with E-state index in [-0.39, 0.29) is 20.1 Å². The number of pyridine rings is 2. The Balaban J connectivity index is 0.000000241. The fourth-order valence-electron chi connectivity index (χ4n) is 5.15. The van der Waals surface area contributed by atoms with Crippen molar-refractivity contribution in [3.05, 3.63) is 139 Å². The molecule has 4 aromatic carbocycles. The molecule has 7 aromatic rings. The number of benzene rings is 4. The Morgan fingerprint density at radius 2 is 1.57 bits per heavy atom. The topological polar surface area (TPSA) is 38.9 Å². The molecule has 0 N–H and O–H groups in total. The minimum absolute atomic E-state index is 0. The largest absolute Gasteiger partial charge is 0.500 e. The van der Waals surface area contributed by atoms with E-state index in [1.807, 2.05) is 98.9 Å². The number of hydrogen-bond donors (Lipinski definition) is 0. The molecule has 7 rings (SSSR count). The van der Waals surface area contributed by atoms with Gasteiger partial charge in [0.1, 0.15) is 5.58 Å². The van der Waals surface area contributed by atoms with Gasteiger partial charge in [-0.25, -0.2) is 0 Å². The Kier molecular flexibility index (Phi) is 8.61. The number of hydrogen-bond acceptors (Lipinski definition) is 3. The summed E-state index contributed by atoms with van der Waals surface area (Å²) in [4.78, 5) is 9.01. The van der Waals surface area contributed by atoms with Gasteiger partial charge in [-0.1, -0.05) is 105 Å². The molecule has 0 saturated carbocycles. The SMILES string of the molecule is C[Si](C)(C)c1ccc(-c2[c-]cccc2)nc1.[2H]C([2H])([2H])c1ccc(-c2ccc3c(c2)oc2c[c-]c(-c4cc(C([2H])(C)C)ccn4)cc23)cc1.[Ir]. The van der Waals surface area contributed by atoms with Crippen molar-refractivity contribution in [3.8, 4) is 33.6 Å². The summed E-state index contributed by atoms with van der Waals surface area (Å²) in [5.41, 5.74) is 8.27. The van der Waals surface area contributed by atoms with E-state index < -0.39 is 20.8 Å². The Morgan fingerprint density at radius 3 is 2.24 bits per heavy atom. The third kappa shape index (κ3) is 7.45. The average molecular weight is 799 g/mol. The summed E-state index contributed by atoms with van der Waals surface area (Å²) in [6.07, 6.45) is 3.75. The number of fused-ring (bicyclic) bond motifs is 3. The van der Waals surface area contributed by atoms with Crippen LogP contribution in [0.3, 0.4) is 0 Å². The first-order chi connectivity index (χ1) is 23.2. The van der Waals surface area contributed by atoms with Crippen LogP contribution in [-0.2, 0) is 20.1 Å². The number of furan rings is 1. The molecule has 46 heavy (non-hydrogen) atoms. The summed E-state index contributed by atoms with van der Waals surface area (Å²) in [7, 11) is -1.23. The molecule has 0 atom stereocenters. The van der Waals surface area contributed by atoms with Gasteiger partial charge in [0.05, 0.1) is 13.7 Å². The smallest absolute Gasteiger partial charge is 0.121 e. The minimum atomic E-state index is -2.11. The third-order valence-corrected chi connectivity index (χ3v) is 9.88. The van der Waals surface area contributed by atoms with Crippen LogP contribution in [0.4, 0.5) is 0 Å². The fraction of sp³-hybridized carbons (Fsp3) is 0.171. The van der Waals surface area contributed by atoms with Crippen LogP contribution in [0.15, 0.2) is 120 Å². The first-order valence-electron chi connectivity index (χ1n) is 17.1. The molecule has 0 aliphatic rings. The number of nitrogens with zero attached hydrogens (tertiary/aromatic N) is 2. The molecule has 0 fully saturated rings. The zero-order valence-corrected chi connectivity index (χ0v) is 30.0. The Hall–Kier alpha value is -4.15. The van der Waals surface area contributed by atoms with Crippen molar-refractivity contribution in [3.63, 3.8) is 0 Å². The van der Waals surface area contributed by atoms with Gasteiger partial charge in [0, 0.05) is 43.4 Å². The van der Waals surface area contributed by atoms with E-state index in [0.29, 0.717) is 5.56 Å². The summed E-state index contributed by atoms with van der Waals surface area (Å²) in [6.45, 7) is 8.60. The standard InChI is InChI=1S/C27H22NO.C14H16NSi.Ir/c1-17(2)20-12-13-28-25(15-20)22-9-11-26-24(14-22)23-10-8-21(16-27(23)29-26)19-6-4-18(3)5-7-19;1-16(2,3)13-9-10-14(15-11-13)12-7-5-4-6-8-12;/h4-8,10-17H,1-3H3;4-7,9-11H,1-3H3;/q2*-1;/i3D3,17D;;. The molecule has 0 spiro atoms. The number of rotatable bonds is 5. The van der Waals surface area contributed by atoms with Gasteiger partial charge in [-0.05, 0) is 52.6 Å². The van der Waals surface area contributed by atoms with Crippen LogP contribution in [0.5, 0.6) is 0 Å². The van der Waals surface area contributed by atoms with E-state index in [9.17, 15) is 0 Å². The van der Waals surface area contributed by atoms with Crippen LogP contribution in [0.2, 0.25) is 19.6 Å². The minimum Gasteiger partial charge on any atom is -0.500 e. The van der Waals surface area contributed by atoms with Crippen LogP contribution in [0.1, 0.15) is 36.4 Å². The molecular formula is C41H38IrN2OSi-2. The molecule has 3 aromatic heterocycles. The maximum Gasteiger partial charge on any atom is 0.121 e. The summed E-state index contributed by atoms with van der Waals surface area (Å²) in [5.74, 6) is -0.706. The van der Waals surface area contributed by atoms with Crippen molar-refractivity contribution in [2.45, 2.75) is 46.2 Å². The first kappa shape index (κ1) is 28.1. The molecule has 0 aliphatic heterocycles. The molecule has 0 unspecified atom stereocenters. The van der Waals surface area contributed by atoms with E-state index in [1.54, 1.807) is 18.3 Å². The van der Waals surface area contributed by atoms with Crippen molar-refractivity contribution in [1.82, 2.24) is 9.97 Å². The number of aryl methyl sites for hydroxylation is 1. The van der Waals surface area contributed by atoms with Gasteiger partial charge in [-0.3, -0.25) is 0 Å². The van der Waals surface area contributed by atoms with Crippen molar-refractivity contribution in [1.29, 1.82) is 0 Å². The Morgan fingerprint density at radius 1 is 0.761 bits per heavy atom. The molecule has 1 radical (unpaired) electrons. The van der Waals surface area contributed by atoms with E-state index >= 15 is 0 Å². The monoisotopic (exact) mass is 799 g/mol. The van der Waals surface area contributed by atoms with Gasteiger partial charge in [-0.2, -0.15) is 0 Å². The van der Waals surface area contributed by atoms with Gasteiger partial charge in [0.25, 0.3) is 0 Å². The molecule has 5 heteroatoms. The van der Waals surface area contributed by atoms with Crippen LogP contribution < -0.4 is 5.19 Å². The second-order valence-corrected chi connectivity index (χ2v) is 17.5. The summed E-state index contributed by atoms with van der Waals surface area (Å²) in [6, 6.07) is 39.3. The first-order valence-corrected chi connectivity index (χ1v) is 18.6. The molecule has 0 amide bonds. The van der Waals surface area contributed by atoms with Crippen molar-refractivity contribution in [2.24, 2.45) is 0 Å². The van der Waals surface area contributed by atoms with Gasteiger partial charge < -0.3 is 14.4 Å². The summed E-state index contributed by atoms with van der Waals surface area (Å²) in [5, 5.41) is 3.35. The fourth-order valence-corrected chi connectivity index (χ4v) is 6.18. The molecule has 233 valence electrons. The normalized spacial score (nSPS) is 13.1. The average Bonchev–Trinajstić information content (AvgIpc) is 3.45. The second kappa shape index (κ2) is 14.1. The van der Waals surface area contributed by atoms with E-state index in [2.05, 4.69) is 53.9 Å². The molecular weight excluding hydrogens is 757 g/mol. The number of aromatic nitrogens is 2. The van der Waals surface area contributed by atoms with Gasteiger partial charge in [-0.15, -0.1) is 59.7 Å². The molecule has 0 bridgehead atoms. The zero-order chi connectivity index (χ0) is 35.0. The van der Waals surface area contributed by atoms with Gasteiger partial charge in [0.2, 0.25) is 0 Å². The van der Waals surface area contributed by atoms with Gasteiger partial charge >= 0.3 is 0 Å². The zero-order valence-electron chi connectivity index (χ0n) is 30.6. The molecule has 0 aliphatic carbocycles. The van der Waals surface area contributed by atoms with Crippen molar-refractivity contribution < 1.29 is 30.0 Å². The Labute approximate surface area is 292 Å². The van der Waals surface area contributed by atoms with Crippen LogP contribution in [0.25, 0.3) is 55.6 Å². The van der Waals surface area contributed by atoms with Gasteiger partial charge in [0.15, 0.2) is 0 Å². The van der Waals surface area contributed by atoms with Crippen LogP contribution in [0, 0.1) is 19.0 Å². The third-order valence-electron chi connectivity index (χ3n) is 7.85. The van der Waals surface area contributed by atoms with Crippen molar-refractivity contribution in [2.75, 3.05) is 0 Å².